The maximum absolute atomic E-state index is 12.1. The van der Waals surface area contributed by atoms with Crippen LogP contribution in [-0.2, 0) is 0 Å². The molecule has 2 aromatic rings. The molecule has 0 aliphatic heterocycles. The van der Waals surface area contributed by atoms with Crippen molar-refractivity contribution in [3.05, 3.63) is 51.3 Å². The molecule has 0 saturated carbocycles. The molecular weight excluding hydrogens is 296 g/mol. The summed E-state index contributed by atoms with van der Waals surface area (Å²) >= 11 is 5.90. The molecule has 0 radical (unpaired) electrons. The van der Waals surface area contributed by atoms with E-state index in [2.05, 4.69) is 10.4 Å². The van der Waals surface area contributed by atoms with Gasteiger partial charge in [-0.05, 0) is 19.9 Å². The van der Waals surface area contributed by atoms with Crippen LogP contribution in [0.4, 0.5) is 11.4 Å². The molecule has 0 spiro atoms. The first kappa shape index (κ1) is 15.0. The summed E-state index contributed by atoms with van der Waals surface area (Å²) in [5.41, 5.74) is 0.238. The zero-order chi connectivity index (χ0) is 15.6. The molecule has 8 heteroatoms. The molecule has 1 heterocycles. The molecule has 1 aromatic carbocycles. The van der Waals surface area contributed by atoms with E-state index in [-0.39, 0.29) is 22.3 Å². The molecule has 1 aromatic heterocycles. The SMILES string of the molecule is CC(C)n1cc(NC(=O)c2cccc([N+](=O)[O-])c2Cl)cn1. The number of nitrogens with one attached hydrogen (secondary N) is 1. The molecule has 0 unspecified atom stereocenters. The van der Waals surface area contributed by atoms with Gasteiger partial charge in [0.15, 0.2) is 0 Å². The van der Waals surface area contributed by atoms with E-state index in [1.54, 1.807) is 10.9 Å². The molecule has 1 amide bonds. The second-order valence-corrected chi connectivity index (χ2v) is 5.03. The summed E-state index contributed by atoms with van der Waals surface area (Å²) in [6.07, 6.45) is 3.18. The molecule has 0 bridgehead atoms. The molecule has 21 heavy (non-hydrogen) atoms. The molecule has 7 nitrogen and oxygen atoms in total. The molecule has 110 valence electrons. The molecule has 0 aliphatic carbocycles. The van der Waals surface area contributed by atoms with Crippen molar-refractivity contribution in [2.24, 2.45) is 0 Å². The van der Waals surface area contributed by atoms with Crippen molar-refractivity contribution in [2.45, 2.75) is 19.9 Å². The standard InChI is InChI=1S/C13H13ClN4O3/c1-8(2)17-7-9(6-15-17)16-13(19)10-4-3-5-11(12(10)14)18(20)21/h3-8H,1-2H3,(H,16,19). The number of halogens is 1. The van der Waals surface area contributed by atoms with E-state index >= 15 is 0 Å². The van der Waals surface area contributed by atoms with E-state index in [0.29, 0.717) is 5.69 Å². The molecular formula is C13H13ClN4O3. The van der Waals surface area contributed by atoms with Gasteiger partial charge in [0.1, 0.15) is 5.02 Å². The van der Waals surface area contributed by atoms with Crippen LogP contribution in [0.3, 0.4) is 0 Å². The van der Waals surface area contributed by atoms with Crippen LogP contribution in [0.15, 0.2) is 30.6 Å². The van der Waals surface area contributed by atoms with Gasteiger partial charge in [0.05, 0.1) is 22.4 Å². The number of aromatic nitrogens is 2. The van der Waals surface area contributed by atoms with Gasteiger partial charge < -0.3 is 5.32 Å². The van der Waals surface area contributed by atoms with Gasteiger partial charge in [0, 0.05) is 18.3 Å². The minimum Gasteiger partial charge on any atom is -0.319 e. The van der Waals surface area contributed by atoms with Crippen LogP contribution < -0.4 is 5.32 Å². The number of nitrogens with zero attached hydrogens (tertiary/aromatic N) is 3. The van der Waals surface area contributed by atoms with Crippen LogP contribution in [-0.4, -0.2) is 20.6 Å². The van der Waals surface area contributed by atoms with Crippen LogP contribution in [0.25, 0.3) is 0 Å². The van der Waals surface area contributed by atoms with Crippen LogP contribution in [0, 0.1) is 10.1 Å². The summed E-state index contributed by atoms with van der Waals surface area (Å²) in [4.78, 5) is 22.3. The van der Waals surface area contributed by atoms with Gasteiger partial charge in [-0.15, -0.1) is 0 Å². The molecule has 1 N–H and O–H groups in total. The smallest absolute Gasteiger partial charge is 0.288 e. The van der Waals surface area contributed by atoms with Crippen LogP contribution in [0.5, 0.6) is 0 Å². The maximum Gasteiger partial charge on any atom is 0.288 e. The number of benzene rings is 1. The van der Waals surface area contributed by atoms with Gasteiger partial charge in [-0.1, -0.05) is 17.7 Å². The Labute approximate surface area is 125 Å². The summed E-state index contributed by atoms with van der Waals surface area (Å²) < 4.78 is 1.69. The summed E-state index contributed by atoms with van der Waals surface area (Å²) in [7, 11) is 0. The lowest BCUT2D eigenvalue weighted by molar-refractivity contribution is -0.384. The minimum absolute atomic E-state index is 0.0446. The number of anilines is 1. The Morgan fingerprint density at radius 2 is 2.19 bits per heavy atom. The fourth-order valence-corrected chi connectivity index (χ4v) is 2.00. The number of nitro benzene ring substituents is 1. The number of hydrogen-bond acceptors (Lipinski definition) is 4. The number of carbonyl (C=O) groups excluding carboxylic acids is 1. The van der Waals surface area contributed by atoms with E-state index < -0.39 is 10.8 Å². The van der Waals surface area contributed by atoms with E-state index in [4.69, 9.17) is 11.6 Å². The fourth-order valence-electron chi connectivity index (χ4n) is 1.72. The van der Waals surface area contributed by atoms with Crippen molar-refractivity contribution in [1.82, 2.24) is 9.78 Å². The zero-order valence-corrected chi connectivity index (χ0v) is 12.2. The van der Waals surface area contributed by atoms with Gasteiger partial charge in [0.2, 0.25) is 0 Å². The van der Waals surface area contributed by atoms with Crippen LogP contribution >= 0.6 is 11.6 Å². The highest BCUT2D eigenvalue weighted by molar-refractivity contribution is 6.36. The van der Waals surface area contributed by atoms with E-state index in [9.17, 15) is 14.9 Å². The number of carbonyl (C=O) groups is 1. The first-order chi connectivity index (χ1) is 9.90. The third-order valence-corrected chi connectivity index (χ3v) is 3.21. The number of amides is 1. The average Bonchev–Trinajstić information content (AvgIpc) is 2.87. The highest BCUT2D eigenvalue weighted by Gasteiger charge is 2.20. The normalized spacial score (nSPS) is 10.7. The monoisotopic (exact) mass is 308 g/mol. The largest absolute Gasteiger partial charge is 0.319 e. The topological polar surface area (TPSA) is 90.1 Å². The number of nitro groups is 1. The van der Waals surface area contributed by atoms with E-state index in [1.807, 2.05) is 13.8 Å². The predicted octanol–water partition coefficient (Wildman–Crippen LogP) is 3.28. The van der Waals surface area contributed by atoms with Crippen molar-refractivity contribution < 1.29 is 9.72 Å². The fraction of sp³-hybridized carbons (Fsp3) is 0.231. The lowest BCUT2D eigenvalue weighted by atomic mass is 10.2. The van der Waals surface area contributed by atoms with Crippen LogP contribution in [0.1, 0.15) is 30.2 Å². The average molecular weight is 309 g/mol. The Kier molecular flexibility index (Phi) is 4.23. The van der Waals surface area contributed by atoms with Crippen molar-refractivity contribution in [3.63, 3.8) is 0 Å². The molecule has 0 fully saturated rings. The van der Waals surface area contributed by atoms with E-state index in [1.165, 1.54) is 24.4 Å². The summed E-state index contributed by atoms with van der Waals surface area (Å²) in [6.45, 7) is 3.91. The predicted molar refractivity (Wildman–Crippen MR) is 78.7 cm³/mol. The second-order valence-electron chi connectivity index (χ2n) is 4.65. The first-order valence-electron chi connectivity index (χ1n) is 6.18. The van der Waals surface area contributed by atoms with Crippen molar-refractivity contribution in [3.8, 4) is 0 Å². The quantitative estimate of drug-likeness (QED) is 0.693. The van der Waals surface area contributed by atoms with Crippen molar-refractivity contribution in [1.29, 1.82) is 0 Å². The number of rotatable bonds is 4. The zero-order valence-electron chi connectivity index (χ0n) is 11.4. The van der Waals surface area contributed by atoms with Gasteiger partial charge >= 0.3 is 0 Å². The van der Waals surface area contributed by atoms with Crippen molar-refractivity contribution in [2.75, 3.05) is 5.32 Å². The Hall–Kier alpha value is -2.41. The Bertz CT molecular complexity index is 696. The highest BCUT2D eigenvalue weighted by atomic mass is 35.5. The van der Waals surface area contributed by atoms with Gasteiger partial charge in [-0.2, -0.15) is 5.10 Å². The third-order valence-electron chi connectivity index (χ3n) is 2.81. The summed E-state index contributed by atoms with van der Waals surface area (Å²) in [6, 6.07) is 4.25. The van der Waals surface area contributed by atoms with Crippen molar-refractivity contribution >= 4 is 28.9 Å². The van der Waals surface area contributed by atoms with E-state index in [0.717, 1.165) is 0 Å². The minimum atomic E-state index is -0.629. The molecule has 0 atom stereocenters. The summed E-state index contributed by atoms with van der Waals surface area (Å²) in [5, 5.41) is 17.3. The number of hydrogen-bond donors (Lipinski definition) is 1. The lowest BCUT2D eigenvalue weighted by Gasteiger charge is -2.05. The molecule has 0 saturated heterocycles. The Morgan fingerprint density at radius 3 is 2.76 bits per heavy atom. The summed E-state index contributed by atoms with van der Waals surface area (Å²) in [5.74, 6) is -0.521. The maximum atomic E-state index is 12.1. The highest BCUT2D eigenvalue weighted by Crippen LogP contribution is 2.28. The Morgan fingerprint density at radius 1 is 1.48 bits per heavy atom. The third kappa shape index (κ3) is 3.19. The first-order valence-corrected chi connectivity index (χ1v) is 6.56. The molecule has 2 rings (SSSR count). The van der Waals surface area contributed by atoms with Gasteiger partial charge in [-0.25, -0.2) is 0 Å². The van der Waals surface area contributed by atoms with Gasteiger partial charge in [0.25, 0.3) is 11.6 Å². The molecule has 0 aliphatic rings. The lowest BCUT2D eigenvalue weighted by Crippen LogP contribution is -2.12. The second kappa shape index (κ2) is 5.92. The van der Waals surface area contributed by atoms with Gasteiger partial charge in [-0.3, -0.25) is 19.6 Å². The van der Waals surface area contributed by atoms with Crippen LogP contribution in [0.2, 0.25) is 5.02 Å². The Balaban J connectivity index is 2.24.